The number of rotatable bonds is 2. The van der Waals surface area contributed by atoms with Gasteiger partial charge in [0, 0.05) is 12.3 Å². The van der Waals surface area contributed by atoms with Crippen molar-refractivity contribution in [3.8, 4) is 0 Å². The maximum absolute atomic E-state index is 12.8. The zero-order chi connectivity index (χ0) is 10.7. The molecule has 1 amide bonds. The Hall–Kier alpha value is -1.79. The Morgan fingerprint density at radius 2 is 2.21 bits per heavy atom. The molecule has 0 aliphatic rings. The minimum atomic E-state index is -2.97. The van der Waals surface area contributed by atoms with Crippen LogP contribution in [0.25, 0.3) is 0 Å². The summed E-state index contributed by atoms with van der Waals surface area (Å²) in [6, 6.07) is 0.593. The molecule has 4 nitrogen and oxygen atoms in total. The van der Waals surface area contributed by atoms with Crippen molar-refractivity contribution < 1.29 is 23.1 Å². The van der Waals surface area contributed by atoms with Gasteiger partial charge < -0.3 is 5.11 Å². The molecule has 1 rings (SSSR count). The van der Waals surface area contributed by atoms with E-state index in [1.165, 1.54) is 0 Å². The predicted molar refractivity (Wildman–Crippen MR) is 40.8 cm³/mol. The zero-order valence-corrected chi connectivity index (χ0v) is 6.67. The van der Waals surface area contributed by atoms with Crippen molar-refractivity contribution in [2.75, 3.05) is 5.32 Å². The average Bonchev–Trinajstić information content (AvgIpc) is 2.01. The van der Waals surface area contributed by atoms with Gasteiger partial charge in [-0.1, -0.05) is 0 Å². The zero-order valence-electron chi connectivity index (χ0n) is 6.67. The number of pyridine rings is 1. The van der Waals surface area contributed by atoms with E-state index in [0.29, 0.717) is 12.3 Å². The third kappa shape index (κ3) is 2.35. The third-order valence-electron chi connectivity index (χ3n) is 1.35. The molecule has 1 aromatic rings. The molecule has 0 fully saturated rings. The first-order valence-corrected chi connectivity index (χ1v) is 3.44. The molecule has 1 heterocycles. The molecule has 0 spiro atoms. The maximum Gasteiger partial charge on any atom is 0.410 e. The molecule has 0 saturated heterocycles. The van der Waals surface area contributed by atoms with Gasteiger partial charge in [-0.25, -0.2) is 22.9 Å². The normalized spacial score (nSPS) is 10.3. The van der Waals surface area contributed by atoms with Gasteiger partial charge in [-0.15, -0.1) is 0 Å². The van der Waals surface area contributed by atoms with Crippen molar-refractivity contribution in [1.82, 2.24) is 4.98 Å². The van der Waals surface area contributed by atoms with Gasteiger partial charge in [-0.3, -0.25) is 5.32 Å². The number of nitrogens with zero attached hydrogens (tertiary/aromatic N) is 1. The van der Waals surface area contributed by atoms with Crippen LogP contribution in [0, 0.1) is 5.82 Å². The summed E-state index contributed by atoms with van der Waals surface area (Å²) in [5.41, 5.74) is -0.860. The van der Waals surface area contributed by atoms with Gasteiger partial charge in [0.15, 0.2) is 0 Å². The molecule has 0 bridgehead atoms. The van der Waals surface area contributed by atoms with E-state index in [-0.39, 0.29) is 5.82 Å². The van der Waals surface area contributed by atoms with Crippen LogP contribution in [0.3, 0.4) is 0 Å². The van der Waals surface area contributed by atoms with Crippen LogP contribution in [0.5, 0.6) is 0 Å². The third-order valence-corrected chi connectivity index (χ3v) is 1.35. The van der Waals surface area contributed by atoms with Gasteiger partial charge >= 0.3 is 6.09 Å². The largest absolute Gasteiger partial charge is 0.465 e. The molecule has 0 unspecified atom stereocenters. The number of amides is 1. The second-order valence-electron chi connectivity index (χ2n) is 2.32. The lowest BCUT2D eigenvalue weighted by atomic mass is 10.3. The van der Waals surface area contributed by atoms with Gasteiger partial charge in [0.25, 0.3) is 6.43 Å². The molecule has 0 aliphatic carbocycles. The fourth-order valence-electron chi connectivity index (χ4n) is 0.780. The Balaban J connectivity index is 2.94. The minimum Gasteiger partial charge on any atom is -0.465 e. The Labute approximate surface area is 76.4 Å². The summed E-state index contributed by atoms with van der Waals surface area (Å²) in [4.78, 5) is 13.4. The second-order valence-corrected chi connectivity index (χ2v) is 2.32. The summed E-state index contributed by atoms with van der Waals surface area (Å²) in [6.45, 7) is 0. The standard InChI is InChI=1S/C7H5F3N2O2/c8-4-1-5(12-7(13)14)11-2-3(4)6(9)10/h1-2,6H,(H,11,12)(H,13,14). The van der Waals surface area contributed by atoms with E-state index in [1.54, 1.807) is 5.32 Å². The van der Waals surface area contributed by atoms with Gasteiger partial charge in [0.2, 0.25) is 0 Å². The quantitative estimate of drug-likeness (QED) is 0.779. The topological polar surface area (TPSA) is 62.2 Å². The second kappa shape index (κ2) is 3.95. The van der Waals surface area contributed by atoms with Crippen molar-refractivity contribution in [3.63, 3.8) is 0 Å². The van der Waals surface area contributed by atoms with E-state index >= 15 is 0 Å². The van der Waals surface area contributed by atoms with Gasteiger partial charge in [0.1, 0.15) is 11.6 Å². The van der Waals surface area contributed by atoms with Gasteiger partial charge in [-0.05, 0) is 0 Å². The van der Waals surface area contributed by atoms with Crippen molar-refractivity contribution in [2.24, 2.45) is 0 Å². The highest BCUT2D eigenvalue weighted by Gasteiger charge is 2.14. The molecule has 7 heteroatoms. The molecule has 14 heavy (non-hydrogen) atoms. The number of halogens is 3. The molecule has 0 radical (unpaired) electrons. The number of carboxylic acid groups (broad SMARTS) is 1. The molecule has 2 N–H and O–H groups in total. The maximum atomic E-state index is 12.8. The number of nitrogens with one attached hydrogen (secondary N) is 1. The number of hydrogen-bond donors (Lipinski definition) is 2. The molecule has 0 atom stereocenters. The van der Waals surface area contributed by atoms with Crippen LogP contribution in [0.15, 0.2) is 12.3 Å². The first kappa shape index (κ1) is 10.3. The fraction of sp³-hybridized carbons (Fsp3) is 0.143. The van der Waals surface area contributed by atoms with E-state index < -0.39 is 23.9 Å². The first-order valence-electron chi connectivity index (χ1n) is 3.44. The van der Waals surface area contributed by atoms with Crippen LogP contribution in [-0.2, 0) is 0 Å². The lowest BCUT2D eigenvalue weighted by molar-refractivity contribution is 0.146. The minimum absolute atomic E-state index is 0.334. The lowest BCUT2D eigenvalue weighted by Gasteiger charge is -2.03. The van der Waals surface area contributed by atoms with Crippen molar-refractivity contribution in [1.29, 1.82) is 0 Å². The van der Waals surface area contributed by atoms with Crippen LogP contribution in [0.2, 0.25) is 0 Å². The Bertz CT molecular complexity index is 357. The van der Waals surface area contributed by atoms with E-state index in [9.17, 15) is 18.0 Å². The Kier molecular flexibility index (Phi) is 2.90. The van der Waals surface area contributed by atoms with E-state index in [0.717, 1.165) is 0 Å². The number of hydrogen-bond acceptors (Lipinski definition) is 2. The van der Waals surface area contributed by atoms with E-state index in [2.05, 4.69) is 4.98 Å². The molecule has 0 saturated carbocycles. The van der Waals surface area contributed by atoms with E-state index in [4.69, 9.17) is 5.11 Å². The highest BCUT2D eigenvalue weighted by molar-refractivity contribution is 5.81. The predicted octanol–water partition coefficient (Wildman–Crippen LogP) is 2.25. The van der Waals surface area contributed by atoms with Crippen LogP contribution in [0.4, 0.5) is 23.8 Å². The average molecular weight is 206 g/mol. The number of aromatic nitrogens is 1. The number of carbonyl (C=O) groups is 1. The summed E-state index contributed by atoms with van der Waals surface area (Å²) < 4.78 is 36.8. The van der Waals surface area contributed by atoms with Crippen LogP contribution < -0.4 is 5.32 Å². The van der Waals surface area contributed by atoms with Crippen molar-refractivity contribution in [2.45, 2.75) is 6.43 Å². The van der Waals surface area contributed by atoms with E-state index in [1.807, 2.05) is 0 Å². The van der Waals surface area contributed by atoms with Crippen LogP contribution in [-0.4, -0.2) is 16.2 Å². The lowest BCUT2D eigenvalue weighted by Crippen LogP contribution is -2.09. The van der Waals surface area contributed by atoms with Crippen LogP contribution >= 0.6 is 0 Å². The van der Waals surface area contributed by atoms with Crippen LogP contribution in [0.1, 0.15) is 12.0 Å². The molecule has 0 aromatic carbocycles. The summed E-state index contributed by atoms with van der Waals surface area (Å²) in [6.07, 6.45) is -3.83. The fourth-order valence-corrected chi connectivity index (χ4v) is 0.780. The molecule has 1 aromatic heterocycles. The number of anilines is 1. The first-order chi connectivity index (χ1) is 6.50. The van der Waals surface area contributed by atoms with Crippen molar-refractivity contribution in [3.05, 3.63) is 23.6 Å². The Morgan fingerprint density at radius 3 is 2.64 bits per heavy atom. The molecule has 0 aliphatic heterocycles. The molecular weight excluding hydrogens is 201 g/mol. The van der Waals surface area contributed by atoms with Gasteiger partial charge in [0.05, 0.1) is 5.56 Å². The molecule has 76 valence electrons. The van der Waals surface area contributed by atoms with Gasteiger partial charge in [-0.2, -0.15) is 0 Å². The summed E-state index contributed by atoms with van der Waals surface area (Å²) in [5.74, 6) is -1.53. The Morgan fingerprint density at radius 1 is 1.57 bits per heavy atom. The summed E-state index contributed by atoms with van der Waals surface area (Å²) >= 11 is 0. The van der Waals surface area contributed by atoms with Crippen molar-refractivity contribution >= 4 is 11.9 Å². The molecular formula is C7H5F3N2O2. The summed E-state index contributed by atoms with van der Waals surface area (Å²) in [5, 5.41) is 9.95. The highest BCUT2D eigenvalue weighted by atomic mass is 19.3. The highest BCUT2D eigenvalue weighted by Crippen LogP contribution is 2.22. The number of alkyl halides is 2. The summed E-state index contributed by atoms with van der Waals surface area (Å²) in [7, 11) is 0. The smallest absolute Gasteiger partial charge is 0.410 e. The SMILES string of the molecule is O=C(O)Nc1cc(F)c(C(F)F)cn1. The monoisotopic (exact) mass is 206 g/mol.